The first kappa shape index (κ1) is 13.1. The predicted octanol–water partition coefficient (Wildman–Crippen LogP) is 1.10. The molecule has 0 radical (unpaired) electrons. The fourth-order valence-electron chi connectivity index (χ4n) is 2.97. The van der Waals surface area contributed by atoms with E-state index in [0.717, 1.165) is 19.6 Å². The van der Waals surface area contributed by atoms with Crippen molar-refractivity contribution in [1.82, 2.24) is 15.2 Å². The van der Waals surface area contributed by atoms with Crippen molar-refractivity contribution in [2.24, 2.45) is 0 Å². The number of amides is 1. The normalized spacial score (nSPS) is 23.6. The van der Waals surface area contributed by atoms with Gasteiger partial charge in [0.05, 0.1) is 0 Å². The molecular formula is C14H15ClN4O2. The summed E-state index contributed by atoms with van der Waals surface area (Å²) in [5.74, 6) is 0.0473. The maximum absolute atomic E-state index is 12.6. The van der Waals surface area contributed by atoms with Crippen LogP contribution in [0.2, 0.25) is 5.02 Å². The van der Waals surface area contributed by atoms with Crippen LogP contribution in [0.4, 0.5) is 6.01 Å². The highest BCUT2D eigenvalue weighted by Crippen LogP contribution is 2.26. The Morgan fingerprint density at radius 3 is 3.14 bits per heavy atom. The van der Waals surface area contributed by atoms with Crippen LogP contribution in [0.1, 0.15) is 0 Å². The average Bonchev–Trinajstić information content (AvgIpc) is 2.90. The summed E-state index contributed by atoms with van der Waals surface area (Å²) in [6.45, 7) is 3.98. The van der Waals surface area contributed by atoms with E-state index in [-0.39, 0.29) is 11.9 Å². The van der Waals surface area contributed by atoms with Gasteiger partial charge in [0, 0.05) is 37.7 Å². The van der Waals surface area contributed by atoms with Gasteiger partial charge in [0.15, 0.2) is 5.58 Å². The van der Waals surface area contributed by atoms with Gasteiger partial charge in [-0.25, -0.2) is 0 Å². The van der Waals surface area contributed by atoms with Crippen molar-refractivity contribution in [2.75, 3.05) is 37.6 Å². The Hall–Kier alpha value is -1.63. The molecule has 3 heterocycles. The van der Waals surface area contributed by atoms with Crippen molar-refractivity contribution >= 4 is 34.6 Å². The van der Waals surface area contributed by atoms with E-state index in [9.17, 15) is 4.79 Å². The zero-order valence-electron chi connectivity index (χ0n) is 11.4. The standard InChI is InChI=1S/C14H15ClN4O2/c15-9-1-2-12-10(7-9)17-14(21-12)19-6-5-18-4-3-16-8-11(18)13(19)20/h1-2,7,11,16H,3-6,8H2/t11-/m1/s1. The third-order valence-corrected chi connectivity index (χ3v) is 4.32. The van der Waals surface area contributed by atoms with Crippen LogP contribution in [0.3, 0.4) is 0 Å². The quantitative estimate of drug-likeness (QED) is 0.855. The molecule has 0 saturated carbocycles. The van der Waals surface area contributed by atoms with Crippen molar-refractivity contribution in [2.45, 2.75) is 6.04 Å². The number of carbonyl (C=O) groups excluding carboxylic acids is 1. The smallest absolute Gasteiger partial charge is 0.305 e. The number of anilines is 1. The van der Waals surface area contributed by atoms with Gasteiger partial charge in [-0.15, -0.1) is 0 Å². The van der Waals surface area contributed by atoms with E-state index in [2.05, 4.69) is 15.2 Å². The van der Waals surface area contributed by atoms with Gasteiger partial charge in [-0.2, -0.15) is 4.98 Å². The van der Waals surface area contributed by atoms with Crippen LogP contribution in [0, 0.1) is 0 Å². The minimum Gasteiger partial charge on any atom is -0.423 e. The zero-order chi connectivity index (χ0) is 14.4. The number of nitrogens with zero attached hydrogens (tertiary/aromatic N) is 3. The molecule has 7 heteroatoms. The van der Waals surface area contributed by atoms with E-state index in [1.807, 2.05) is 0 Å². The molecule has 21 heavy (non-hydrogen) atoms. The van der Waals surface area contributed by atoms with E-state index in [0.29, 0.717) is 35.2 Å². The first-order chi connectivity index (χ1) is 10.2. The maximum atomic E-state index is 12.6. The highest BCUT2D eigenvalue weighted by atomic mass is 35.5. The first-order valence-corrected chi connectivity index (χ1v) is 7.42. The van der Waals surface area contributed by atoms with Crippen LogP contribution in [0.25, 0.3) is 11.1 Å². The van der Waals surface area contributed by atoms with Crippen molar-refractivity contribution in [1.29, 1.82) is 0 Å². The van der Waals surface area contributed by atoms with Gasteiger partial charge in [-0.1, -0.05) is 11.6 Å². The summed E-state index contributed by atoms with van der Waals surface area (Å²) < 4.78 is 5.71. The SMILES string of the molecule is O=C1[C@H]2CNCCN2CCN1c1nc2cc(Cl)ccc2o1. The Labute approximate surface area is 126 Å². The second-order valence-electron chi connectivity index (χ2n) is 5.35. The molecule has 0 bridgehead atoms. The molecule has 2 aliphatic rings. The number of piperazine rings is 2. The molecule has 2 aliphatic heterocycles. The monoisotopic (exact) mass is 306 g/mol. The predicted molar refractivity (Wildman–Crippen MR) is 79.6 cm³/mol. The maximum Gasteiger partial charge on any atom is 0.305 e. The molecule has 4 rings (SSSR count). The molecular weight excluding hydrogens is 292 g/mol. The molecule has 1 amide bonds. The third-order valence-electron chi connectivity index (χ3n) is 4.09. The van der Waals surface area contributed by atoms with Crippen LogP contribution >= 0.6 is 11.6 Å². The Bertz CT molecular complexity index is 701. The molecule has 110 valence electrons. The van der Waals surface area contributed by atoms with E-state index >= 15 is 0 Å². The lowest BCUT2D eigenvalue weighted by Crippen LogP contribution is -2.64. The number of rotatable bonds is 1. The highest BCUT2D eigenvalue weighted by Gasteiger charge is 2.38. The van der Waals surface area contributed by atoms with Crippen LogP contribution in [-0.2, 0) is 4.79 Å². The summed E-state index contributed by atoms with van der Waals surface area (Å²) in [5, 5.41) is 3.87. The van der Waals surface area contributed by atoms with Crippen LogP contribution in [-0.4, -0.2) is 54.6 Å². The molecule has 2 saturated heterocycles. The second kappa shape index (κ2) is 4.98. The molecule has 1 atom stereocenters. The molecule has 1 aromatic carbocycles. The summed E-state index contributed by atoms with van der Waals surface area (Å²) in [6, 6.07) is 5.52. The number of hydrogen-bond donors (Lipinski definition) is 1. The molecule has 0 aliphatic carbocycles. The summed E-state index contributed by atoms with van der Waals surface area (Å²) >= 11 is 5.96. The Morgan fingerprint density at radius 1 is 1.33 bits per heavy atom. The molecule has 1 aromatic heterocycles. The topological polar surface area (TPSA) is 61.6 Å². The van der Waals surface area contributed by atoms with E-state index < -0.39 is 0 Å². The molecule has 1 N–H and O–H groups in total. The minimum atomic E-state index is -0.119. The minimum absolute atomic E-state index is 0.0473. The van der Waals surface area contributed by atoms with Crippen LogP contribution in [0.5, 0.6) is 0 Å². The molecule has 2 fully saturated rings. The first-order valence-electron chi connectivity index (χ1n) is 7.04. The van der Waals surface area contributed by atoms with Gasteiger partial charge < -0.3 is 9.73 Å². The lowest BCUT2D eigenvalue weighted by atomic mass is 10.1. The van der Waals surface area contributed by atoms with E-state index in [1.54, 1.807) is 23.1 Å². The van der Waals surface area contributed by atoms with Crippen molar-refractivity contribution in [3.63, 3.8) is 0 Å². The Balaban J connectivity index is 1.66. The van der Waals surface area contributed by atoms with Crippen LogP contribution in [0.15, 0.2) is 22.6 Å². The van der Waals surface area contributed by atoms with E-state index in [4.69, 9.17) is 16.0 Å². The number of hydrogen-bond acceptors (Lipinski definition) is 5. The van der Waals surface area contributed by atoms with Gasteiger partial charge in [0.1, 0.15) is 11.6 Å². The average molecular weight is 307 g/mol. The van der Waals surface area contributed by atoms with Gasteiger partial charge >= 0.3 is 6.01 Å². The molecule has 0 unspecified atom stereocenters. The van der Waals surface area contributed by atoms with Gasteiger partial charge in [-0.05, 0) is 18.2 Å². The number of halogens is 1. The Morgan fingerprint density at radius 2 is 2.24 bits per heavy atom. The number of carbonyl (C=O) groups is 1. The van der Waals surface area contributed by atoms with Gasteiger partial charge in [-0.3, -0.25) is 14.6 Å². The van der Waals surface area contributed by atoms with Gasteiger partial charge in [0.25, 0.3) is 0 Å². The number of nitrogens with one attached hydrogen (secondary N) is 1. The number of benzene rings is 1. The third kappa shape index (κ3) is 2.19. The van der Waals surface area contributed by atoms with Gasteiger partial charge in [0.2, 0.25) is 5.91 Å². The number of aromatic nitrogens is 1. The summed E-state index contributed by atoms with van der Waals surface area (Å²) in [6.07, 6.45) is 0. The fraction of sp³-hybridized carbons (Fsp3) is 0.429. The second-order valence-corrected chi connectivity index (χ2v) is 5.79. The summed E-state index contributed by atoms with van der Waals surface area (Å²) in [4.78, 5) is 20.9. The zero-order valence-corrected chi connectivity index (χ0v) is 12.1. The fourth-order valence-corrected chi connectivity index (χ4v) is 3.14. The van der Waals surface area contributed by atoms with E-state index in [1.165, 1.54) is 0 Å². The number of oxazole rings is 1. The lowest BCUT2D eigenvalue weighted by molar-refractivity contribution is -0.126. The number of fused-ring (bicyclic) bond motifs is 2. The molecule has 6 nitrogen and oxygen atoms in total. The largest absolute Gasteiger partial charge is 0.423 e. The van der Waals surface area contributed by atoms with Crippen LogP contribution < -0.4 is 10.2 Å². The highest BCUT2D eigenvalue weighted by molar-refractivity contribution is 6.31. The molecule has 2 aromatic rings. The van der Waals surface area contributed by atoms with Crippen molar-refractivity contribution < 1.29 is 9.21 Å². The lowest BCUT2D eigenvalue weighted by Gasteiger charge is -2.41. The van der Waals surface area contributed by atoms with Crippen molar-refractivity contribution in [3.8, 4) is 0 Å². The summed E-state index contributed by atoms with van der Waals surface area (Å²) in [5.41, 5.74) is 1.32. The Kier molecular flexibility index (Phi) is 3.10. The summed E-state index contributed by atoms with van der Waals surface area (Å²) in [7, 11) is 0. The molecule has 0 spiro atoms. The van der Waals surface area contributed by atoms with Crippen molar-refractivity contribution in [3.05, 3.63) is 23.2 Å².